The van der Waals surface area contributed by atoms with E-state index in [2.05, 4.69) is 99.8 Å². The Hall–Kier alpha value is -2.49. The molecule has 32 heavy (non-hydrogen) atoms. The van der Waals surface area contributed by atoms with Crippen molar-refractivity contribution < 1.29 is 4.79 Å². The molecule has 2 N–H and O–H groups in total. The summed E-state index contributed by atoms with van der Waals surface area (Å²) in [4.78, 5) is 15.1. The molecule has 4 nitrogen and oxygen atoms in total. The van der Waals surface area contributed by atoms with Crippen LogP contribution in [0.4, 0.5) is 16.2 Å². The lowest BCUT2D eigenvalue weighted by molar-refractivity contribution is 0.236. The van der Waals surface area contributed by atoms with Gasteiger partial charge in [-0.3, -0.25) is 0 Å². The number of nitrogens with one attached hydrogen (secondary N) is 2. The number of carbonyl (C=O) groups excluding carboxylic acids is 1. The molecule has 0 heterocycles. The summed E-state index contributed by atoms with van der Waals surface area (Å²) in [5.74, 6) is 0.714. The summed E-state index contributed by atoms with van der Waals surface area (Å²) in [6.07, 6.45) is 5.84. The van der Waals surface area contributed by atoms with Crippen LogP contribution in [0.2, 0.25) is 0 Å². The lowest BCUT2D eigenvalue weighted by atomic mass is 9.80. The molecule has 0 unspecified atom stereocenters. The number of carbonyl (C=O) groups is 1. The van der Waals surface area contributed by atoms with E-state index < -0.39 is 0 Å². The van der Waals surface area contributed by atoms with Gasteiger partial charge in [0.1, 0.15) is 0 Å². The molecule has 0 aromatic heterocycles. The van der Waals surface area contributed by atoms with E-state index in [0.717, 1.165) is 18.7 Å². The minimum absolute atomic E-state index is 0.0887. The van der Waals surface area contributed by atoms with Gasteiger partial charge in [0.2, 0.25) is 0 Å². The fraction of sp³-hybridized carbons (Fsp3) is 0.536. The quantitative estimate of drug-likeness (QED) is 0.472. The molecule has 0 aliphatic heterocycles. The van der Waals surface area contributed by atoms with Crippen LogP contribution >= 0.6 is 0 Å². The maximum atomic E-state index is 13.0. The Morgan fingerprint density at radius 2 is 1.50 bits per heavy atom. The third-order valence-corrected chi connectivity index (χ3v) is 6.93. The van der Waals surface area contributed by atoms with Gasteiger partial charge in [0.05, 0.1) is 0 Å². The molecule has 1 aliphatic carbocycles. The van der Waals surface area contributed by atoms with Crippen LogP contribution in [0.15, 0.2) is 42.5 Å². The van der Waals surface area contributed by atoms with E-state index in [1.165, 1.54) is 48.1 Å². The van der Waals surface area contributed by atoms with Gasteiger partial charge in [-0.25, -0.2) is 4.79 Å². The highest BCUT2D eigenvalue weighted by molar-refractivity contribution is 5.91. The topological polar surface area (TPSA) is 44.4 Å². The van der Waals surface area contributed by atoms with Crippen molar-refractivity contribution in [3.63, 3.8) is 0 Å². The van der Waals surface area contributed by atoms with Gasteiger partial charge >= 0.3 is 6.03 Å². The van der Waals surface area contributed by atoms with Crippen molar-refractivity contribution in [3.8, 4) is 0 Å². The van der Waals surface area contributed by atoms with Crippen LogP contribution in [0.3, 0.4) is 0 Å². The SMILES string of the molecule is CC(C)c1cccc(C(C)C)c1NC(=O)NCC1(Cc2ccc(N(C)C)cc2)CCCC1. The van der Waals surface area contributed by atoms with E-state index in [0.29, 0.717) is 11.8 Å². The first kappa shape index (κ1) is 24.2. The summed E-state index contributed by atoms with van der Waals surface area (Å²) in [6.45, 7) is 9.43. The van der Waals surface area contributed by atoms with Crippen molar-refractivity contribution in [2.75, 3.05) is 30.9 Å². The van der Waals surface area contributed by atoms with Gasteiger partial charge in [-0.2, -0.15) is 0 Å². The first-order valence-electron chi connectivity index (χ1n) is 12.1. The number of anilines is 2. The fourth-order valence-corrected chi connectivity index (χ4v) is 5.01. The van der Waals surface area contributed by atoms with Gasteiger partial charge in [0.25, 0.3) is 0 Å². The van der Waals surface area contributed by atoms with Crippen molar-refractivity contribution in [2.45, 2.75) is 71.6 Å². The van der Waals surface area contributed by atoms with E-state index in [4.69, 9.17) is 0 Å². The van der Waals surface area contributed by atoms with Gasteiger partial charge in [-0.1, -0.05) is 70.9 Å². The van der Waals surface area contributed by atoms with E-state index >= 15 is 0 Å². The van der Waals surface area contributed by atoms with Gasteiger partial charge in [0, 0.05) is 32.0 Å². The molecule has 174 valence electrons. The molecule has 0 radical (unpaired) electrons. The van der Waals surface area contributed by atoms with Crippen LogP contribution in [-0.2, 0) is 6.42 Å². The molecule has 0 bridgehead atoms. The molecular formula is C28H41N3O. The predicted octanol–water partition coefficient (Wildman–Crippen LogP) is 6.92. The summed E-state index contributed by atoms with van der Waals surface area (Å²) in [5.41, 5.74) is 6.10. The third kappa shape index (κ3) is 5.85. The Bertz CT molecular complexity index is 867. The first-order chi connectivity index (χ1) is 15.2. The van der Waals surface area contributed by atoms with Crippen LogP contribution in [0, 0.1) is 5.41 Å². The Morgan fingerprint density at radius 1 is 0.938 bits per heavy atom. The summed E-state index contributed by atoms with van der Waals surface area (Å²) >= 11 is 0. The maximum Gasteiger partial charge on any atom is 0.319 e. The average molecular weight is 436 g/mol. The number of para-hydroxylation sites is 1. The van der Waals surface area contributed by atoms with Crippen molar-refractivity contribution >= 4 is 17.4 Å². The van der Waals surface area contributed by atoms with E-state index in [9.17, 15) is 4.79 Å². The lowest BCUT2D eigenvalue weighted by Gasteiger charge is -2.30. The highest BCUT2D eigenvalue weighted by atomic mass is 16.2. The number of nitrogens with zero attached hydrogens (tertiary/aromatic N) is 1. The first-order valence-corrected chi connectivity index (χ1v) is 12.1. The van der Waals surface area contributed by atoms with Gasteiger partial charge in [-0.15, -0.1) is 0 Å². The molecule has 1 saturated carbocycles. The monoisotopic (exact) mass is 435 g/mol. The molecule has 0 atom stereocenters. The molecule has 4 heteroatoms. The summed E-state index contributed by atoms with van der Waals surface area (Å²) in [5, 5.41) is 6.45. The second-order valence-corrected chi connectivity index (χ2v) is 10.4. The summed E-state index contributed by atoms with van der Waals surface area (Å²) in [7, 11) is 4.14. The molecule has 0 saturated heterocycles. The minimum atomic E-state index is -0.0887. The number of urea groups is 1. The number of hydrogen-bond acceptors (Lipinski definition) is 2. The standard InChI is InChI=1S/C28H41N3O/c1-20(2)24-10-9-11-25(21(3)4)26(24)30-27(32)29-19-28(16-7-8-17-28)18-22-12-14-23(15-13-22)31(5)6/h9-15,20-21H,7-8,16-19H2,1-6H3,(H2,29,30,32). The van der Waals surface area contributed by atoms with Crippen LogP contribution in [0.5, 0.6) is 0 Å². The summed E-state index contributed by atoms with van der Waals surface area (Å²) < 4.78 is 0. The second-order valence-electron chi connectivity index (χ2n) is 10.4. The summed E-state index contributed by atoms with van der Waals surface area (Å²) in [6, 6.07) is 15.1. The van der Waals surface area contributed by atoms with Crippen LogP contribution in [0.1, 0.15) is 81.9 Å². The van der Waals surface area contributed by atoms with E-state index in [1.807, 2.05) is 0 Å². The molecule has 2 aromatic carbocycles. The molecular weight excluding hydrogens is 394 g/mol. The van der Waals surface area contributed by atoms with Crippen molar-refractivity contribution in [1.29, 1.82) is 0 Å². The molecule has 1 fully saturated rings. The van der Waals surface area contributed by atoms with Crippen molar-refractivity contribution in [2.24, 2.45) is 5.41 Å². The largest absolute Gasteiger partial charge is 0.378 e. The smallest absolute Gasteiger partial charge is 0.319 e. The molecule has 1 aliphatic rings. The average Bonchev–Trinajstić information content (AvgIpc) is 3.21. The number of hydrogen-bond donors (Lipinski definition) is 2. The van der Waals surface area contributed by atoms with Gasteiger partial charge < -0.3 is 15.5 Å². The van der Waals surface area contributed by atoms with E-state index in [-0.39, 0.29) is 11.4 Å². The zero-order valence-electron chi connectivity index (χ0n) is 20.8. The number of rotatable bonds is 8. The zero-order chi connectivity index (χ0) is 23.3. The van der Waals surface area contributed by atoms with Gasteiger partial charge in [-0.05, 0) is 65.3 Å². The highest BCUT2D eigenvalue weighted by Gasteiger charge is 2.34. The Balaban J connectivity index is 1.70. The highest BCUT2D eigenvalue weighted by Crippen LogP contribution is 2.41. The Kier molecular flexibility index (Phi) is 7.86. The minimum Gasteiger partial charge on any atom is -0.378 e. The third-order valence-electron chi connectivity index (χ3n) is 6.93. The van der Waals surface area contributed by atoms with E-state index in [1.54, 1.807) is 0 Å². The molecule has 0 spiro atoms. The molecule has 3 rings (SSSR count). The zero-order valence-corrected chi connectivity index (χ0v) is 20.8. The van der Waals surface area contributed by atoms with Crippen molar-refractivity contribution in [1.82, 2.24) is 5.32 Å². The number of amides is 2. The van der Waals surface area contributed by atoms with Crippen LogP contribution in [0.25, 0.3) is 0 Å². The lowest BCUT2D eigenvalue weighted by Crippen LogP contribution is -2.39. The predicted molar refractivity (Wildman–Crippen MR) is 137 cm³/mol. The Morgan fingerprint density at radius 3 is 2.00 bits per heavy atom. The van der Waals surface area contributed by atoms with Crippen molar-refractivity contribution in [3.05, 3.63) is 59.2 Å². The second kappa shape index (κ2) is 10.4. The molecule has 2 amide bonds. The fourth-order valence-electron chi connectivity index (χ4n) is 5.01. The van der Waals surface area contributed by atoms with Gasteiger partial charge in [0.15, 0.2) is 0 Å². The molecule has 2 aromatic rings. The normalized spacial score (nSPS) is 15.2. The maximum absolute atomic E-state index is 13.0. The van der Waals surface area contributed by atoms with Crippen LogP contribution < -0.4 is 15.5 Å². The Labute approximate surface area is 194 Å². The van der Waals surface area contributed by atoms with Crippen LogP contribution in [-0.4, -0.2) is 26.7 Å². The number of benzene rings is 2.